The van der Waals surface area contributed by atoms with E-state index in [4.69, 9.17) is 4.99 Å². The Hall–Kier alpha value is -5.21. The van der Waals surface area contributed by atoms with Gasteiger partial charge in [-0.2, -0.15) is 0 Å². The Morgan fingerprint density at radius 2 is 1.05 bits per heavy atom. The number of anilines is 1. The molecule has 2 unspecified atom stereocenters. The molecule has 6 aromatic rings. The van der Waals surface area contributed by atoms with Crippen molar-refractivity contribution >= 4 is 33.1 Å². The van der Waals surface area contributed by atoms with Gasteiger partial charge in [-0.05, 0) is 74.0 Å². The van der Waals surface area contributed by atoms with Gasteiger partial charge in [-0.15, -0.1) is 0 Å². The Bertz CT molecular complexity index is 2040. The first-order chi connectivity index (χ1) is 21.7. The average Bonchev–Trinajstić information content (AvgIpc) is 3.40. The van der Waals surface area contributed by atoms with Crippen molar-refractivity contribution in [2.45, 2.75) is 31.8 Å². The fourth-order valence-electron chi connectivity index (χ4n) is 7.25. The highest BCUT2D eigenvalue weighted by Gasteiger charge is 2.44. The Morgan fingerprint density at radius 3 is 1.59 bits per heavy atom. The molecule has 0 bridgehead atoms. The number of nitrogens with zero attached hydrogens (tertiary/aromatic N) is 2. The molecule has 0 saturated carbocycles. The van der Waals surface area contributed by atoms with E-state index in [1.165, 1.54) is 60.6 Å². The first-order valence-electron chi connectivity index (χ1n) is 15.6. The average molecular weight is 567 g/mol. The zero-order chi connectivity index (χ0) is 29.7. The molecule has 2 aliphatic rings. The largest absolute Gasteiger partial charge is 0.318 e. The van der Waals surface area contributed by atoms with Crippen LogP contribution in [0.1, 0.15) is 20.3 Å². The number of hydrogen-bond acceptors (Lipinski definition) is 2. The smallest absolute Gasteiger partial charge is 0.105 e. The molecule has 2 nitrogen and oxygen atoms in total. The molecule has 1 aliphatic carbocycles. The summed E-state index contributed by atoms with van der Waals surface area (Å²) in [5.74, 6) is 1.14. The van der Waals surface area contributed by atoms with Crippen LogP contribution in [0.4, 0.5) is 5.69 Å². The zero-order valence-electron chi connectivity index (χ0n) is 25.1. The second-order valence-corrected chi connectivity index (χ2v) is 12.0. The summed E-state index contributed by atoms with van der Waals surface area (Å²) in [6.45, 7) is 4.49. The van der Waals surface area contributed by atoms with Crippen molar-refractivity contribution in [2.75, 3.05) is 4.90 Å². The van der Waals surface area contributed by atoms with Gasteiger partial charge in [0.1, 0.15) is 5.84 Å². The van der Waals surface area contributed by atoms with Gasteiger partial charge < -0.3 is 4.90 Å². The number of rotatable bonds is 5. The molecule has 6 aromatic carbocycles. The van der Waals surface area contributed by atoms with E-state index in [0.717, 1.165) is 12.3 Å². The molecule has 0 fully saturated rings. The predicted octanol–water partition coefficient (Wildman–Crippen LogP) is 10.9. The van der Waals surface area contributed by atoms with E-state index in [-0.39, 0.29) is 11.6 Å². The van der Waals surface area contributed by atoms with Crippen LogP contribution in [-0.2, 0) is 0 Å². The van der Waals surface area contributed by atoms with Crippen molar-refractivity contribution in [3.05, 3.63) is 152 Å². The van der Waals surface area contributed by atoms with Crippen LogP contribution in [0.2, 0.25) is 0 Å². The molecule has 0 saturated heterocycles. The van der Waals surface area contributed by atoms with Gasteiger partial charge in [-0.3, -0.25) is 4.99 Å². The Labute approximate surface area is 259 Å². The number of fused-ring (bicyclic) bond motifs is 3. The number of benzene rings is 6. The standard InChI is InChI=1S/C42H34N2/c1-3-39-43-38-19-11-12-28-42(38,2)44(39)33-26-24-32(25-27-33)41-36-17-9-7-15-34(36)40(35-16-8-10-18-37(35)41)31-22-20-30(21-23-31)29-13-5-4-6-14-29/h4-28,38H,3H2,1-2H3. The van der Waals surface area contributed by atoms with E-state index in [1.54, 1.807) is 0 Å². The predicted molar refractivity (Wildman–Crippen MR) is 188 cm³/mol. The Morgan fingerprint density at radius 1 is 0.568 bits per heavy atom. The molecule has 2 atom stereocenters. The molecule has 0 spiro atoms. The van der Waals surface area contributed by atoms with Crippen molar-refractivity contribution < 1.29 is 0 Å². The van der Waals surface area contributed by atoms with E-state index in [0.29, 0.717) is 0 Å². The Kier molecular flexibility index (Phi) is 6.31. The maximum absolute atomic E-state index is 5.09. The van der Waals surface area contributed by atoms with Gasteiger partial charge in [-0.25, -0.2) is 0 Å². The molecule has 0 N–H and O–H groups in total. The number of amidine groups is 1. The van der Waals surface area contributed by atoms with Crippen molar-refractivity contribution in [1.82, 2.24) is 0 Å². The monoisotopic (exact) mass is 566 g/mol. The topological polar surface area (TPSA) is 15.6 Å². The van der Waals surface area contributed by atoms with Gasteiger partial charge in [0, 0.05) is 12.1 Å². The summed E-state index contributed by atoms with van der Waals surface area (Å²) in [6, 6.07) is 46.7. The third-order valence-corrected chi connectivity index (χ3v) is 9.41. The minimum Gasteiger partial charge on any atom is -0.318 e. The van der Waals surface area contributed by atoms with Crippen LogP contribution in [-0.4, -0.2) is 17.4 Å². The van der Waals surface area contributed by atoms with Crippen LogP contribution in [0.3, 0.4) is 0 Å². The second kappa shape index (κ2) is 10.5. The summed E-state index contributed by atoms with van der Waals surface area (Å²) in [5, 5.41) is 5.08. The quantitative estimate of drug-likeness (QED) is 0.190. The van der Waals surface area contributed by atoms with Gasteiger partial charge in [-0.1, -0.05) is 146 Å². The minimum atomic E-state index is -0.182. The summed E-state index contributed by atoms with van der Waals surface area (Å²) >= 11 is 0. The van der Waals surface area contributed by atoms with Crippen molar-refractivity contribution in [3.8, 4) is 33.4 Å². The number of allylic oxidation sites excluding steroid dienone is 2. The van der Waals surface area contributed by atoms with Crippen LogP contribution < -0.4 is 4.90 Å². The first kappa shape index (κ1) is 26.4. The third kappa shape index (κ3) is 4.13. The van der Waals surface area contributed by atoms with E-state index >= 15 is 0 Å². The van der Waals surface area contributed by atoms with Gasteiger partial charge in [0.2, 0.25) is 0 Å². The summed E-state index contributed by atoms with van der Waals surface area (Å²) in [6.07, 6.45) is 9.69. The molecular weight excluding hydrogens is 532 g/mol. The number of aliphatic imine (C=N–C) groups is 1. The summed E-state index contributed by atoms with van der Waals surface area (Å²) in [4.78, 5) is 7.52. The lowest BCUT2D eigenvalue weighted by molar-refractivity contribution is 0.545. The van der Waals surface area contributed by atoms with Gasteiger partial charge in [0.15, 0.2) is 0 Å². The van der Waals surface area contributed by atoms with Crippen LogP contribution in [0.5, 0.6) is 0 Å². The fraction of sp³-hybridized carbons (Fsp3) is 0.119. The minimum absolute atomic E-state index is 0.143. The molecule has 212 valence electrons. The fourth-order valence-corrected chi connectivity index (χ4v) is 7.25. The highest BCUT2D eigenvalue weighted by molar-refractivity contribution is 6.21. The van der Waals surface area contributed by atoms with E-state index in [1.807, 2.05) is 0 Å². The van der Waals surface area contributed by atoms with Crippen molar-refractivity contribution in [3.63, 3.8) is 0 Å². The number of hydrogen-bond donors (Lipinski definition) is 0. The second-order valence-electron chi connectivity index (χ2n) is 12.0. The lowest BCUT2D eigenvalue weighted by atomic mass is 9.85. The SMILES string of the molecule is CCC1=NC2C=CC=CC2(C)N1c1ccc(-c2c3ccccc3c(-c3ccc(-c4ccccc4)cc3)c3ccccc23)cc1. The molecule has 44 heavy (non-hydrogen) atoms. The first-order valence-corrected chi connectivity index (χ1v) is 15.6. The highest BCUT2D eigenvalue weighted by Crippen LogP contribution is 2.45. The van der Waals surface area contributed by atoms with E-state index in [2.05, 4.69) is 170 Å². The molecule has 0 radical (unpaired) electrons. The van der Waals surface area contributed by atoms with E-state index in [9.17, 15) is 0 Å². The van der Waals surface area contributed by atoms with Crippen molar-refractivity contribution in [1.29, 1.82) is 0 Å². The summed E-state index contributed by atoms with van der Waals surface area (Å²) in [5.41, 5.74) is 8.49. The lowest BCUT2D eigenvalue weighted by Gasteiger charge is -2.38. The van der Waals surface area contributed by atoms with Crippen LogP contribution in [0, 0.1) is 0 Å². The van der Waals surface area contributed by atoms with Gasteiger partial charge >= 0.3 is 0 Å². The Balaban J connectivity index is 1.26. The molecule has 1 heterocycles. The normalized spacial score (nSPS) is 19.0. The zero-order valence-corrected chi connectivity index (χ0v) is 25.1. The maximum Gasteiger partial charge on any atom is 0.105 e. The van der Waals surface area contributed by atoms with Crippen LogP contribution >= 0.6 is 0 Å². The summed E-state index contributed by atoms with van der Waals surface area (Å²) < 4.78 is 0. The lowest BCUT2D eigenvalue weighted by Crippen LogP contribution is -2.49. The molecular formula is C42H34N2. The van der Waals surface area contributed by atoms with Crippen molar-refractivity contribution in [2.24, 2.45) is 4.99 Å². The molecule has 8 rings (SSSR count). The summed E-state index contributed by atoms with van der Waals surface area (Å²) in [7, 11) is 0. The molecule has 0 amide bonds. The van der Waals surface area contributed by atoms with Gasteiger partial charge in [0.05, 0.1) is 11.6 Å². The molecule has 0 aromatic heterocycles. The van der Waals surface area contributed by atoms with Crippen LogP contribution in [0.25, 0.3) is 54.9 Å². The third-order valence-electron chi connectivity index (χ3n) is 9.41. The highest BCUT2D eigenvalue weighted by atomic mass is 15.3. The van der Waals surface area contributed by atoms with Gasteiger partial charge in [0.25, 0.3) is 0 Å². The molecule has 1 aliphatic heterocycles. The van der Waals surface area contributed by atoms with Crippen LogP contribution in [0.15, 0.2) is 157 Å². The van der Waals surface area contributed by atoms with E-state index < -0.39 is 0 Å². The maximum atomic E-state index is 5.09. The molecule has 2 heteroatoms.